The monoisotopic (exact) mass is 444 g/mol. The van der Waals surface area contributed by atoms with E-state index < -0.39 is 0 Å². The molecule has 0 saturated heterocycles. The van der Waals surface area contributed by atoms with E-state index in [0.717, 1.165) is 59.6 Å². The van der Waals surface area contributed by atoms with Crippen LogP contribution in [0.4, 0.5) is 0 Å². The number of fused-ring (bicyclic) bond motifs is 2. The van der Waals surface area contributed by atoms with Gasteiger partial charge in [0.15, 0.2) is 11.5 Å². The number of benzene rings is 1. The molecule has 5 rings (SSSR count). The lowest BCUT2D eigenvalue weighted by molar-refractivity contribution is 0.612. The van der Waals surface area contributed by atoms with Crippen LogP contribution in [0.3, 0.4) is 0 Å². The van der Waals surface area contributed by atoms with E-state index in [1.165, 1.54) is 21.3 Å². The number of H-pyrrole nitrogens is 1. The molecule has 0 aliphatic heterocycles. The molecule has 0 radical (unpaired) electrons. The van der Waals surface area contributed by atoms with Crippen LogP contribution in [0.25, 0.3) is 32.6 Å². The van der Waals surface area contributed by atoms with Crippen LogP contribution in [0, 0.1) is 13.8 Å². The molecule has 1 aromatic carbocycles. The number of aromatic amines is 1. The molecule has 0 aliphatic rings. The number of nitrogens with one attached hydrogen (secondary N) is 1. The van der Waals surface area contributed by atoms with E-state index in [2.05, 4.69) is 72.1 Å². The first-order chi connectivity index (χ1) is 15.5. The van der Waals surface area contributed by atoms with Crippen LogP contribution >= 0.6 is 11.3 Å². The van der Waals surface area contributed by atoms with Crippen molar-refractivity contribution in [2.45, 2.75) is 59.4 Å². The highest BCUT2D eigenvalue weighted by atomic mass is 32.1. The number of aromatic nitrogens is 6. The quantitative estimate of drug-likeness (QED) is 0.304. The highest BCUT2D eigenvalue weighted by molar-refractivity contribution is 7.17. The molecular formula is C25H28N6S. The molecule has 0 aliphatic carbocycles. The van der Waals surface area contributed by atoms with Crippen LogP contribution in [0.5, 0.6) is 0 Å². The molecule has 1 N–H and O–H groups in total. The van der Waals surface area contributed by atoms with Gasteiger partial charge < -0.3 is 4.57 Å². The molecule has 5 aromatic rings. The van der Waals surface area contributed by atoms with Gasteiger partial charge in [0.05, 0.1) is 17.7 Å². The third-order valence-corrected chi connectivity index (χ3v) is 7.11. The summed E-state index contributed by atoms with van der Waals surface area (Å²) in [5.41, 5.74) is 7.63. The number of hydrogen-bond donors (Lipinski definition) is 1. The van der Waals surface area contributed by atoms with E-state index in [1.54, 1.807) is 11.3 Å². The molecule has 0 unspecified atom stereocenters. The molecule has 32 heavy (non-hydrogen) atoms. The SMILES string of the molecule is Cc1n[nH]c(C)c1CCCCc1nc(-c2csc3ccccc23)nc2c1ncn2C(C)C. The van der Waals surface area contributed by atoms with Gasteiger partial charge in [-0.25, -0.2) is 15.0 Å². The molecule has 0 spiro atoms. The number of imidazole rings is 1. The molecule has 7 heteroatoms. The number of thiophene rings is 1. The van der Waals surface area contributed by atoms with E-state index in [0.29, 0.717) is 6.04 Å². The van der Waals surface area contributed by atoms with Crippen LogP contribution in [-0.4, -0.2) is 29.7 Å². The van der Waals surface area contributed by atoms with Gasteiger partial charge in [-0.1, -0.05) is 18.2 Å². The van der Waals surface area contributed by atoms with Crippen molar-refractivity contribution in [2.75, 3.05) is 0 Å². The van der Waals surface area contributed by atoms with Crippen LogP contribution in [0.15, 0.2) is 36.0 Å². The second-order valence-electron chi connectivity index (χ2n) is 8.68. The number of unbranched alkanes of at least 4 members (excludes halogenated alkanes) is 1. The van der Waals surface area contributed by atoms with Gasteiger partial charge in [0.25, 0.3) is 0 Å². The zero-order chi connectivity index (χ0) is 22.2. The fourth-order valence-corrected chi connectivity index (χ4v) is 5.27. The summed E-state index contributed by atoms with van der Waals surface area (Å²) in [5, 5.41) is 10.8. The van der Waals surface area contributed by atoms with Crippen molar-refractivity contribution in [2.24, 2.45) is 0 Å². The Bertz CT molecular complexity index is 1370. The third-order valence-electron chi connectivity index (χ3n) is 6.14. The van der Waals surface area contributed by atoms with Gasteiger partial charge >= 0.3 is 0 Å². The lowest BCUT2D eigenvalue weighted by Gasteiger charge is -2.10. The third kappa shape index (κ3) is 3.71. The molecule has 0 amide bonds. The smallest absolute Gasteiger partial charge is 0.164 e. The van der Waals surface area contributed by atoms with Crippen LogP contribution in [0.1, 0.15) is 55.4 Å². The van der Waals surface area contributed by atoms with Gasteiger partial charge in [-0.05, 0) is 65.0 Å². The largest absolute Gasteiger partial charge is 0.313 e. The minimum absolute atomic E-state index is 0.293. The Kier molecular flexibility index (Phi) is 5.51. The number of aryl methyl sites for hydroxylation is 3. The molecule has 0 fully saturated rings. The van der Waals surface area contributed by atoms with E-state index in [9.17, 15) is 0 Å². The van der Waals surface area contributed by atoms with Gasteiger partial charge in [-0.3, -0.25) is 5.10 Å². The van der Waals surface area contributed by atoms with Crippen molar-refractivity contribution in [3.05, 3.63) is 58.6 Å². The van der Waals surface area contributed by atoms with Crippen molar-refractivity contribution in [1.29, 1.82) is 0 Å². The molecule has 0 saturated carbocycles. The van der Waals surface area contributed by atoms with Gasteiger partial charge in [-0.2, -0.15) is 5.10 Å². The van der Waals surface area contributed by atoms with Crippen molar-refractivity contribution in [1.82, 2.24) is 29.7 Å². The maximum absolute atomic E-state index is 5.04. The van der Waals surface area contributed by atoms with Gasteiger partial charge in [-0.15, -0.1) is 11.3 Å². The molecule has 6 nitrogen and oxygen atoms in total. The fraction of sp³-hybridized carbons (Fsp3) is 0.360. The summed E-state index contributed by atoms with van der Waals surface area (Å²) in [7, 11) is 0. The molecule has 164 valence electrons. The number of rotatable bonds is 7. The summed E-state index contributed by atoms with van der Waals surface area (Å²) in [5.74, 6) is 0.800. The van der Waals surface area contributed by atoms with Gasteiger partial charge in [0, 0.05) is 32.8 Å². The van der Waals surface area contributed by atoms with Crippen molar-refractivity contribution in [3.63, 3.8) is 0 Å². The van der Waals surface area contributed by atoms with Crippen LogP contribution < -0.4 is 0 Å². The summed E-state index contributed by atoms with van der Waals surface area (Å²) >= 11 is 1.74. The van der Waals surface area contributed by atoms with E-state index in [-0.39, 0.29) is 0 Å². The Hall–Kier alpha value is -3.06. The predicted molar refractivity (Wildman–Crippen MR) is 131 cm³/mol. The van der Waals surface area contributed by atoms with Crippen LogP contribution in [-0.2, 0) is 12.8 Å². The molecular weight excluding hydrogens is 416 g/mol. The average molecular weight is 445 g/mol. The lowest BCUT2D eigenvalue weighted by Crippen LogP contribution is -2.04. The number of hydrogen-bond acceptors (Lipinski definition) is 5. The minimum Gasteiger partial charge on any atom is -0.313 e. The molecule has 4 heterocycles. The van der Waals surface area contributed by atoms with E-state index in [1.807, 2.05) is 6.33 Å². The predicted octanol–water partition coefficient (Wildman–Crippen LogP) is 6.19. The van der Waals surface area contributed by atoms with E-state index in [4.69, 9.17) is 15.0 Å². The summed E-state index contributed by atoms with van der Waals surface area (Å²) in [4.78, 5) is 14.7. The van der Waals surface area contributed by atoms with Crippen molar-refractivity contribution in [3.8, 4) is 11.4 Å². The Morgan fingerprint density at radius 3 is 2.66 bits per heavy atom. The minimum atomic E-state index is 0.293. The van der Waals surface area contributed by atoms with E-state index >= 15 is 0 Å². The maximum atomic E-state index is 5.04. The Labute approximate surface area is 191 Å². The highest BCUT2D eigenvalue weighted by Crippen LogP contribution is 2.33. The molecule has 4 aromatic heterocycles. The first-order valence-corrected chi connectivity index (χ1v) is 12.1. The lowest BCUT2D eigenvalue weighted by atomic mass is 10.0. The topological polar surface area (TPSA) is 72.3 Å². The molecule has 0 bridgehead atoms. The zero-order valence-electron chi connectivity index (χ0n) is 19.0. The number of nitrogens with zero attached hydrogens (tertiary/aromatic N) is 5. The Balaban J connectivity index is 1.48. The first-order valence-electron chi connectivity index (χ1n) is 11.2. The summed E-state index contributed by atoms with van der Waals surface area (Å²) in [6.07, 6.45) is 5.97. The zero-order valence-corrected chi connectivity index (χ0v) is 19.8. The van der Waals surface area contributed by atoms with Crippen molar-refractivity contribution >= 4 is 32.6 Å². The summed E-state index contributed by atoms with van der Waals surface area (Å²) < 4.78 is 3.41. The fourth-order valence-electron chi connectivity index (χ4n) is 4.34. The summed E-state index contributed by atoms with van der Waals surface area (Å²) in [6, 6.07) is 8.76. The van der Waals surface area contributed by atoms with Crippen molar-refractivity contribution < 1.29 is 0 Å². The Morgan fingerprint density at radius 1 is 1.06 bits per heavy atom. The highest BCUT2D eigenvalue weighted by Gasteiger charge is 2.17. The van der Waals surface area contributed by atoms with Crippen LogP contribution in [0.2, 0.25) is 0 Å². The second kappa shape index (κ2) is 8.47. The Morgan fingerprint density at radius 2 is 1.88 bits per heavy atom. The molecule has 0 atom stereocenters. The second-order valence-corrected chi connectivity index (χ2v) is 9.59. The average Bonchev–Trinajstić information content (AvgIpc) is 3.48. The van der Waals surface area contributed by atoms with Gasteiger partial charge in [0.2, 0.25) is 0 Å². The summed E-state index contributed by atoms with van der Waals surface area (Å²) in [6.45, 7) is 8.50. The standard InChI is InChI=1S/C25H28N6S/c1-15(2)31-14-26-23-21(11-7-5-9-18-16(3)29-30-17(18)4)27-24(28-25(23)31)20-13-32-22-12-8-6-10-19(20)22/h6,8,10,12-15H,5,7,9,11H2,1-4H3,(H,29,30). The first kappa shape index (κ1) is 20.8. The van der Waals surface area contributed by atoms with Gasteiger partial charge in [0.1, 0.15) is 5.52 Å². The maximum Gasteiger partial charge on any atom is 0.164 e. The normalized spacial score (nSPS) is 11.9.